The third kappa shape index (κ3) is 1.48. The van der Waals surface area contributed by atoms with E-state index in [1.54, 1.807) is 11.3 Å². The molecule has 0 atom stereocenters. The summed E-state index contributed by atoms with van der Waals surface area (Å²) in [4.78, 5) is 7.46. The summed E-state index contributed by atoms with van der Waals surface area (Å²) in [5.74, 6) is 0.944. The lowest BCUT2D eigenvalue weighted by atomic mass is 10.1. The van der Waals surface area contributed by atoms with Gasteiger partial charge in [0.2, 0.25) is 0 Å². The molecule has 0 spiro atoms. The highest BCUT2D eigenvalue weighted by atomic mass is 32.1. The summed E-state index contributed by atoms with van der Waals surface area (Å²) in [5.41, 5.74) is 3.58. The van der Waals surface area contributed by atoms with E-state index in [0.29, 0.717) is 4.77 Å². The van der Waals surface area contributed by atoms with Crippen LogP contribution in [0.3, 0.4) is 0 Å². The van der Waals surface area contributed by atoms with Crippen LogP contribution in [0.2, 0.25) is 0 Å². The zero-order valence-electron chi connectivity index (χ0n) is 7.91. The van der Waals surface area contributed by atoms with Crippen molar-refractivity contribution in [1.82, 2.24) is 9.97 Å². The van der Waals surface area contributed by atoms with Gasteiger partial charge in [-0.15, -0.1) is 0 Å². The molecule has 0 bridgehead atoms. The molecule has 5 heteroatoms. The lowest BCUT2D eigenvalue weighted by Gasteiger charge is -2.05. The largest absolute Gasteiger partial charge is 0.369 e. The first-order chi connectivity index (χ1) is 7.34. The van der Waals surface area contributed by atoms with Crippen molar-refractivity contribution in [2.75, 3.05) is 11.9 Å². The number of hydrogen-bond acceptors (Lipinski definition) is 4. The molecule has 0 amide bonds. The smallest absolute Gasteiger partial charge is 0.199 e. The molecular formula is C10H9N3S2. The van der Waals surface area contributed by atoms with Crippen LogP contribution in [-0.2, 0) is 6.42 Å². The first kappa shape index (κ1) is 9.06. The van der Waals surface area contributed by atoms with Gasteiger partial charge in [0.25, 0.3) is 0 Å². The molecule has 3 heterocycles. The Hall–Kier alpha value is -1.20. The van der Waals surface area contributed by atoms with Crippen molar-refractivity contribution in [3.63, 3.8) is 0 Å². The summed E-state index contributed by atoms with van der Waals surface area (Å²) in [7, 11) is 0. The molecule has 0 aliphatic carbocycles. The van der Waals surface area contributed by atoms with E-state index in [-0.39, 0.29) is 0 Å². The predicted molar refractivity (Wildman–Crippen MR) is 64.9 cm³/mol. The average molecular weight is 235 g/mol. The highest BCUT2D eigenvalue weighted by molar-refractivity contribution is 7.71. The van der Waals surface area contributed by atoms with Crippen LogP contribution in [0, 0.1) is 4.77 Å². The Morgan fingerprint density at radius 2 is 2.40 bits per heavy atom. The maximum absolute atomic E-state index is 5.11. The summed E-state index contributed by atoms with van der Waals surface area (Å²) in [6.07, 6.45) is 1.01. The zero-order valence-corrected chi connectivity index (χ0v) is 9.54. The zero-order chi connectivity index (χ0) is 10.3. The third-order valence-corrected chi connectivity index (χ3v) is 3.39. The Balaban J connectivity index is 2.28. The standard InChI is InChI=1S/C10H9N3S2/c14-10-12-8(6-2-4-15-5-6)7-1-3-11-9(7)13-10/h2,4-5H,1,3H2,(H2,11,12,13,14). The minimum atomic E-state index is 0.546. The van der Waals surface area contributed by atoms with Crippen molar-refractivity contribution in [1.29, 1.82) is 0 Å². The van der Waals surface area contributed by atoms with Gasteiger partial charge in [0, 0.05) is 23.1 Å². The van der Waals surface area contributed by atoms with Crippen LogP contribution in [0.4, 0.5) is 5.82 Å². The van der Waals surface area contributed by atoms with Gasteiger partial charge in [-0.25, -0.2) is 4.98 Å². The topological polar surface area (TPSA) is 40.7 Å². The number of H-pyrrole nitrogens is 1. The molecule has 0 aromatic carbocycles. The van der Waals surface area contributed by atoms with Gasteiger partial charge in [-0.05, 0) is 30.1 Å². The second-order valence-electron chi connectivity index (χ2n) is 3.43. The van der Waals surface area contributed by atoms with E-state index in [4.69, 9.17) is 12.2 Å². The first-order valence-corrected chi connectivity index (χ1v) is 6.09. The Morgan fingerprint density at radius 3 is 3.20 bits per heavy atom. The monoisotopic (exact) mass is 235 g/mol. The summed E-state index contributed by atoms with van der Waals surface area (Å²) in [6.45, 7) is 0.950. The maximum atomic E-state index is 5.11. The number of aromatic nitrogens is 2. The van der Waals surface area contributed by atoms with Crippen LogP contribution in [0.25, 0.3) is 11.3 Å². The fourth-order valence-corrected chi connectivity index (χ4v) is 2.69. The number of aromatic amines is 1. The maximum Gasteiger partial charge on any atom is 0.199 e. The molecule has 1 aliphatic rings. The molecule has 1 aliphatic heterocycles. The highest BCUT2D eigenvalue weighted by Gasteiger charge is 2.17. The number of hydrogen-bond donors (Lipinski definition) is 2. The molecule has 0 saturated carbocycles. The second kappa shape index (κ2) is 3.43. The number of rotatable bonds is 1. The fraction of sp³-hybridized carbons (Fsp3) is 0.200. The van der Waals surface area contributed by atoms with Crippen LogP contribution in [0.15, 0.2) is 16.8 Å². The van der Waals surface area contributed by atoms with Gasteiger partial charge in [-0.1, -0.05) is 0 Å². The van der Waals surface area contributed by atoms with Crippen LogP contribution in [-0.4, -0.2) is 16.5 Å². The number of fused-ring (bicyclic) bond motifs is 1. The van der Waals surface area contributed by atoms with E-state index in [1.807, 2.05) is 0 Å². The molecule has 2 N–H and O–H groups in total. The van der Waals surface area contributed by atoms with Crippen LogP contribution in [0.5, 0.6) is 0 Å². The molecule has 0 fully saturated rings. The van der Waals surface area contributed by atoms with E-state index in [0.717, 1.165) is 24.5 Å². The number of nitrogens with zero attached hydrogens (tertiary/aromatic N) is 1. The predicted octanol–water partition coefficient (Wildman–Crippen LogP) is 2.84. The Labute approximate surface area is 96.2 Å². The van der Waals surface area contributed by atoms with E-state index < -0.39 is 0 Å². The summed E-state index contributed by atoms with van der Waals surface area (Å²) in [6, 6.07) is 2.10. The van der Waals surface area contributed by atoms with Gasteiger partial charge in [0.05, 0.1) is 5.69 Å². The molecule has 76 valence electrons. The van der Waals surface area contributed by atoms with Gasteiger partial charge in [-0.2, -0.15) is 11.3 Å². The quantitative estimate of drug-likeness (QED) is 0.747. The molecule has 2 aromatic rings. The molecule has 15 heavy (non-hydrogen) atoms. The van der Waals surface area contributed by atoms with Crippen LogP contribution in [0.1, 0.15) is 5.56 Å². The van der Waals surface area contributed by atoms with Crippen molar-refractivity contribution < 1.29 is 0 Å². The van der Waals surface area contributed by atoms with Crippen molar-refractivity contribution in [3.05, 3.63) is 27.2 Å². The molecular weight excluding hydrogens is 226 g/mol. The minimum Gasteiger partial charge on any atom is -0.369 e. The number of nitrogens with one attached hydrogen (secondary N) is 2. The molecule has 3 rings (SSSR count). The molecule has 2 aromatic heterocycles. The SMILES string of the molecule is S=c1nc2c(c(-c3ccsc3)[nH]1)CCN2. The fourth-order valence-electron chi connectivity index (χ4n) is 1.85. The van der Waals surface area contributed by atoms with Crippen molar-refractivity contribution in [2.45, 2.75) is 6.42 Å². The summed E-state index contributed by atoms with van der Waals surface area (Å²) in [5, 5.41) is 7.44. The van der Waals surface area contributed by atoms with E-state index >= 15 is 0 Å². The molecule has 0 unspecified atom stereocenters. The highest BCUT2D eigenvalue weighted by Crippen LogP contribution is 2.30. The third-order valence-electron chi connectivity index (χ3n) is 2.51. The van der Waals surface area contributed by atoms with E-state index in [9.17, 15) is 0 Å². The van der Waals surface area contributed by atoms with Gasteiger partial charge in [0.1, 0.15) is 5.82 Å². The Bertz CT molecular complexity index is 542. The number of anilines is 1. The van der Waals surface area contributed by atoms with Crippen LogP contribution < -0.4 is 5.32 Å². The van der Waals surface area contributed by atoms with Gasteiger partial charge in [0.15, 0.2) is 4.77 Å². The van der Waals surface area contributed by atoms with Crippen molar-refractivity contribution >= 4 is 29.4 Å². The lowest BCUT2D eigenvalue weighted by Crippen LogP contribution is -1.95. The van der Waals surface area contributed by atoms with Gasteiger partial charge < -0.3 is 10.3 Å². The van der Waals surface area contributed by atoms with E-state index in [2.05, 4.69) is 32.1 Å². The lowest BCUT2D eigenvalue weighted by molar-refractivity contribution is 1.09. The normalized spacial score (nSPS) is 13.6. The van der Waals surface area contributed by atoms with Crippen LogP contribution >= 0.6 is 23.6 Å². The molecule has 3 nitrogen and oxygen atoms in total. The minimum absolute atomic E-state index is 0.546. The summed E-state index contributed by atoms with van der Waals surface area (Å²) >= 11 is 6.80. The summed E-state index contributed by atoms with van der Waals surface area (Å²) < 4.78 is 0.546. The van der Waals surface area contributed by atoms with Crippen molar-refractivity contribution in [3.8, 4) is 11.3 Å². The Kier molecular flexibility index (Phi) is 2.07. The molecule has 0 saturated heterocycles. The van der Waals surface area contributed by atoms with Gasteiger partial charge >= 0.3 is 0 Å². The first-order valence-electron chi connectivity index (χ1n) is 4.74. The Morgan fingerprint density at radius 1 is 1.47 bits per heavy atom. The second-order valence-corrected chi connectivity index (χ2v) is 4.60. The van der Waals surface area contributed by atoms with Crippen molar-refractivity contribution in [2.24, 2.45) is 0 Å². The van der Waals surface area contributed by atoms with E-state index in [1.165, 1.54) is 11.1 Å². The number of thiophene rings is 1. The molecule has 0 radical (unpaired) electrons. The average Bonchev–Trinajstić information content (AvgIpc) is 2.86. The van der Waals surface area contributed by atoms with Gasteiger partial charge in [-0.3, -0.25) is 0 Å².